The molecule has 5 nitrogen and oxygen atoms in total. The highest BCUT2D eigenvalue weighted by Gasteiger charge is 2.06. The summed E-state index contributed by atoms with van der Waals surface area (Å²) >= 11 is 0. The van der Waals surface area contributed by atoms with Gasteiger partial charge in [-0.1, -0.05) is 12.1 Å². The SMILES string of the molecule is CCN(CC)c1cnn(Cc2cccc(N)c2)c(=O)c1. The molecular weight excluding hydrogens is 252 g/mol. The lowest BCUT2D eigenvalue weighted by Crippen LogP contribution is -2.28. The van der Waals surface area contributed by atoms with E-state index >= 15 is 0 Å². The number of aromatic nitrogens is 2. The highest BCUT2D eigenvalue weighted by molar-refractivity contribution is 5.43. The molecule has 5 heteroatoms. The summed E-state index contributed by atoms with van der Waals surface area (Å²) in [6, 6.07) is 9.12. The van der Waals surface area contributed by atoms with Crippen molar-refractivity contribution < 1.29 is 0 Å². The number of rotatable bonds is 5. The van der Waals surface area contributed by atoms with E-state index in [1.807, 2.05) is 24.3 Å². The predicted octanol–water partition coefficient (Wildman–Crippen LogP) is 1.72. The van der Waals surface area contributed by atoms with Crippen molar-refractivity contribution in [3.63, 3.8) is 0 Å². The first-order chi connectivity index (χ1) is 9.63. The molecule has 2 rings (SSSR count). The quantitative estimate of drug-likeness (QED) is 0.842. The zero-order valence-corrected chi connectivity index (χ0v) is 11.9. The largest absolute Gasteiger partial charge is 0.399 e. The Morgan fingerprint density at radius 2 is 2.00 bits per heavy atom. The molecule has 0 amide bonds. The Morgan fingerprint density at radius 1 is 1.25 bits per heavy atom. The number of nitrogens with two attached hydrogens (primary N) is 1. The van der Waals surface area contributed by atoms with Crippen LogP contribution in [0.2, 0.25) is 0 Å². The van der Waals surface area contributed by atoms with Crippen molar-refractivity contribution in [2.75, 3.05) is 23.7 Å². The van der Waals surface area contributed by atoms with Crippen molar-refractivity contribution in [1.29, 1.82) is 0 Å². The molecule has 0 bridgehead atoms. The average molecular weight is 272 g/mol. The Hall–Kier alpha value is -2.30. The molecule has 0 aliphatic heterocycles. The fourth-order valence-electron chi connectivity index (χ4n) is 2.17. The van der Waals surface area contributed by atoms with Gasteiger partial charge in [0.05, 0.1) is 18.4 Å². The third-order valence-electron chi connectivity index (χ3n) is 3.27. The molecule has 0 unspecified atom stereocenters. The number of nitrogens with zero attached hydrogens (tertiary/aromatic N) is 3. The van der Waals surface area contributed by atoms with E-state index in [0.29, 0.717) is 12.2 Å². The Labute approximate surface area is 118 Å². The van der Waals surface area contributed by atoms with E-state index in [4.69, 9.17) is 5.73 Å². The molecule has 1 heterocycles. The third kappa shape index (κ3) is 3.17. The second-order valence-electron chi connectivity index (χ2n) is 4.63. The minimum absolute atomic E-state index is 0.100. The van der Waals surface area contributed by atoms with E-state index in [2.05, 4.69) is 23.8 Å². The summed E-state index contributed by atoms with van der Waals surface area (Å²) in [5.41, 5.74) is 8.16. The van der Waals surface area contributed by atoms with Gasteiger partial charge in [-0.05, 0) is 31.5 Å². The van der Waals surface area contributed by atoms with Crippen LogP contribution in [0.25, 0.3) is 0 Å². The third-order valence-corrected chi connectivity index (χ3v) is 3.27. The monoisotopic (exact) mass is 272 g/mol. The second kappa shape index (κ2) is 6.23. The Morgan fingerprint density at radius 3 is 2.60 bits per heavy atom. The summed E-state index contributed by atoms with van der Waals surface area (Å²) in [5, 5.41) is 4.24. The van der Waals surface area contributed by atoms with Crippen molar-refractivity contribution in [2.45, 2.75) is 20.4 Å². The highest BCUT2D eigenvalue weighted by atomic mass is 16.1. The molecule has 0 saturated heterocycles. The van der Waals surface area contributed by atoms with Gasteiger partial charge in [0.25, 0.3) is 5.56 Å². The minimum atomic E-state index is -0.100. The van der Waals surface area contributed by atoms with Crippen LogP contribution in [0, 0.1) is 0 Å². The maximum Gasteiger partial charge on any atom is 0.269 e. The van der Waals surface area contributed by atoms with Gasteiger partial charge in [-0.25, -0.2) is 4.68 Å². The first-order valence-electron chi connectivity index (χ1n) is 6.80. The number of anilines is 2. The maximum atomic E-state index is 12.1. The molecule has 1 aromatic heterocycles. The van der Waals surface area contributed by atoms with E-state index in [-0.39, 0.29) is 5.56 Å². The molecule has 106 valence electrons. The van der Waals surface area contributed by atoms with Crippen molar-refractivity contribution in [3.8, 4) is 0 Å². The van der Waals surface area contributed by atoms with Crippen LogP contribution >= 0.6 is 0 Å². The van der Waals surface area contributed by atoms with Crippen LogP contribution in [-0.2, 0) is 6.54 Å². The molecule has 2 aromatic rings. The smallest absolute Gasteiger partial charge is 0.269 e. The molecule has 0 fully saturated rings. The predicted molar refractivity (Wildman–Crippen MR) is 82.0 cm³/mol. The van der Waals surface area contributed by atoms with Gasteiger partial charge in [0.1, 0.15) is 0 Å². The van der Waals surface area contributed by atoms with Gasteiger partial charge in [-0.2, -0.15) is 5.10 Å². The first kappa shape index (κ1) is 14.1. The summed E-state index contributed by atoms with van der Waals surface area (Å²) in [4.78, 5) is 14.2. The molecule has 0 aliphatic carbocycles. The van der Waals surface area contributed by atoms with Crippen molar-refractivity contribution >= 4 is 11.4 Å². The van der Waals surface area contributed by atoms with Crippen molar-refractivity contribution in [2.24, 2.45) is 0 Å². The topological polar surface area (TPSA) is 64.2 Å². The first-order valence-corrected chi connectivity index (χ1v) is 6.80. The molecule has 2 N–H and O–H groups in total. The molecule has 0 aliphatic rings. The fourth-order valence-corrected chi connectivity index (χ4v) is 2.17. The number of benzene rings is 1. The van der Waals surface area contributed by atoms with Crippen LogP contribution in [0.4, 0.5) is 11.4 Å². The van der Waals surface area contributed by atoms with Crippen LogP contribution in [-0.4, -0.2) is 22.9 Å². The van der Waals surface area contributed by atoms with E-state index < -0.39 is 0 Å². The number of hydrogen-bond donors (Lipinski definition) is 1. The Bertz CT molecular complexity index is 632. The number of nitrogen functional groups attached to an aromatic ring is 1. The average Bonchev–Trinajstić information content (AvgIpc) is 2.43. The highest BCUT2D eigenvalue weighted by Crippen LogP contribution is 2.10. The van der Waals surface area contributed by atoms with Crippen molar-refractivity contribution in [1.82, 2.24) is 9.78 Å². The summed E-state index contributed by atoms with van der Waals surface area (Å²) in [6.07, 6.45) is 1.74. The molecular formula is C15H20N4O. The summed E-state index contributed by atoms with van der Waals surface area (Å²) in [6.45, 7) is 6.26. The van der Waals surface area contributed by atoms with Crippen LogP contribution < -0.4 is 16.2 Å². The fraction of sp³-hybridized carbons (Fsp3) is 0.333. The lowest BCUT2D eigenvalue weighted by Gasteiger charge is -2.20. The van der Waals surface area contributed by atoms with E-state index in [1.54, 1.807) is 12.3 Å². The van der Waals surface area contributed by atoms with Crippen molar-refractivity contribution in [3.05, 3.63) is 52.4 Å². The van der Waals surface area contributed by atoms with Gasteiger partial charge in [0, 0.05) is 24.8 Å². The molecule has 1 aromatic carbocycles. The van der Waals surface area contributed by atoms with Crippen LogP contribution in [0.3, 0.4) is 0 Å². The second-order valence-corrected chi connectivity index (χ2v) is 4.63. The van der Waals surface area contributed by atoms with Gasteiger partial charge < -0.3 is 10.6 Å². The summed E-state index contributed by atoms with van der Waals surface area (Å²) < 4.78 is 1.45. The van der Waals surface area contributed by atoms with Gasteiger partial charge in [0.2, 0.25) is 0 Å². The zero-order valence-electron chi connectivity index (χ0n) is 11.9. The summed E-state index contributed by atoms with van der Waals surface area (Å²) in [5.74, 6) is 0. The lowest BCUT2D eigenvalue weighted by atomic mass is 10.2. The van der Waals surface area contributed by atoms with Crippen LogP contribution in [0.15, 0.2) is 41.3 Å². The number of hydrogen-bond acceptors (Lipinski definition) is 4. The molecule has 0 radical (unpaired) electrons. The van der Waals surface area contributed by atoms with Crippen LogP contribution in [0.5, 0.6) is 0 Å². The summed E-state index contributed by atoms with van der Waals surface area (Å²) in [7, 11) is 0. The molecule has 0 saturated carbocycles. The Balaban J connectivity index is 2.24. The standard InChI is InChI=1S/C15H20N4O/c1-3-18(4-2)14-9-15(20)19(17-10-14)11-12-6-5-7-13(16)8-12/h5-10H,3-4,11,16H2,1-2H3. The van der Waals surface area contributed by atoms with E-state index in [9.17, 15) is 4.79 Å². The molecule has 20 heavy (non-hydrogen) atoms. The van der Waals surface area contributed by atoms with Gasteiger partial charge in [-0.15, -0.1) is 0 Å². The maximum absolute atomic E-state index is 12.1. The molecule has 0 spiro atoms. The lowest BCUT2D eigenvalue weighted by molar-refractivity contribution is 0.636. The molecule has 0 atom stereocenters. The van der Waals surface area contributed by atoms with E-state index in [0.717, 1.165) is 24.3 Å². The van der Waals surface area contributed by atoms with E-state index in [1.165, 1.54) is 4.68 Å². The van der Waals surface area contributed by atoms with Gasteiger partial charge in [-0.3, -0.25) is 4.79 Å². The van der Waals surface area contributed by atoms with Crippen LogP contribution in [0.1, 0.15) is 19.4 Å². The van der Waals surface area contributed by atoms with Gasteiger partial charge >= 0.3 is 0 Å². The minimum Gasteiger partial charge on any atom is -0.399 e. The zero-order chi connectivity index (χ0) is 14.5. The normalized spacial score (nSPS) is 10.5. The Kier molecular flexibility index (Phi) is 4.40. The van der Waals surface area contributed by atoms with Gasteiger partial charge in [0.15, 0.2) is 0 Å².